The Kier molecular flexibility index (Phi) is 6.44. The van der Waals surface area contributed by atoms with E-state index >= 15 is 0 Å². The molecule has 1 aliphatic rings. The number of piperazine rings is 1. The Morgan fingerprint density at radius 2 is 1.67 bits per heavy atom. The van der Waals surface area contributed by atoms with Crippen LogP contribution in [-0.2, 0) is 4.79 Å². The molecule has 3 aromatic carbocycles. The van der Waals surface area contributed by atoms with E-state index in [9.17, 15) is 9.18 Å². The maximum atomic E-state index is 13.1. The monoisotopic (exact) mass is 407 g/mol. The number of hydrogen-bond donors (Lipinski definition) is 1. The number of rotatable bonds is 7. The summed E-state index contributed by atoms with van der Waals surface area (Å²) in [6.45, 7) is 5.03. The molecule has 0 unspecified atom stereocenters. The lowest BCUT2D eigenvalue weighted by atomic mass is 10.1. The fourth-order valence-corrected chi connectivity index (χ4v) is 3.69. The number of anilines is 1. The summed E-state index contributed by atoms with van der Waals surface area (Å²) in [6, 6.07) is 20.5. The van der Waals surface area contributed by atoms with E-state index in [-0.39, 0.29) is 18.3 Å². The smallest absolute Gasteiger partial charge is 0.257 e. The fraction of sp³-hybridized carbons (Fsp3) is 0.292. The molecule has 0 saturated carbocycles. The average Bonchev–Trinajstić information content (AvgIpc) is 2.78. The van der Waals surface area contributed by atoms with Gasteiger partial charge >= 0.3 is 0 Å². The van der Waals surface area contributed by atoms with E-state index in [1.807, 2.05) is 54.6 Å². The maximum absolute atomic E-state index is 13.1. The van der Waals surface area contributed by atoms with Crippen LogP contribution in [0.3, 0.4) is 0 Å². The standard InChI is InChI=1S/C24H26FN3O2/c25-21-6-8-22(9-7-21)28-15-13-27(14-16-28)12-11-26-24(29)18-30-23-10-5-19-3-1-2-4-20(19)17-23/h1-10,17H,11-16,18H2,(H,26,29). The predicted octanol–water partition coefficient (Wildman–Crippen LogP) is 3.30. The molecule has 1 fully saturated rings. The topological polar surface area (TPSA) is 44.8 Å². The second-order valence-corrected chi connectivity index (χ2v) is 7.45. The van der Waals surface area contributed by atoms with Crippen molar-refractivity contribution in [2.24, 2.45) is 0 Å². The van der Waals surface area contributed by atoms with Crippen LogP contribution in [0.5, 0.6) is 5.75 Å². The quantitative estimate of drug-likeness (QED) is 0.653. The molecule has 0 bridgehead atoms. The molecule has 0 atom stereocenters. The van der Waals surface area contributed by atoms with E-state index in [1.165, 1.54) is 12.1 Å². The lowest BCUT2D eigenvalue weighted by Crippen LogP contribution is -2.48. The van der Waals surface area contributed by atoms with E-state index in [0.29, 0.717) is 12.3 Å². The molecule has 0 radical (unpaired) electrons. The predicted molar refractivity (Wildman–Crippen MR) is 118 cm³/mol. The molecule has 5 nitrogen and oxygen atoms in total. The second-order valence-electron chi connectivity index (χ2n) is 7.45. The third-order valence-electron chi connectivity index (χ3n) is 5.41. The number of benzene rings is 3. The van der Waals surface area contributed by atoms with Gasteiger partial charge < -0.3 is 15.0 Å². The van der Waals surface area contributed by atoms with Gasteiger partial charge in [0, 0.05) is 45.0 Å². The first kappa shape index (κ1) is 20.2. The number of ether oxygens (including phenoxy) is 1. The van der Waals surface area contributed by atoms with Gasteiger partial charge in [0.25, 0.3) is 5.91 Å². The summed E-state index contributed by atoms with van der Waals surface area (Å²) >= 11 is 0. The average molecular weight is 407 g/mol. The van der Waals surface area contributed by atoms with Crippen molar-refractivity contribution in [1.29, 1.82) is 0 Å². The van der Waals surface area contributed by atoms with Crippen molar-refractivity contribution >= 4 is 22.4 Å². The Morgan fingerprint density at radius 3 is 2.43 bits per heavy atom. The number of carbonyl (C=O) groups is 1. The Labute approximate surface area is 176 Å². The molecule has 1 N–H and O–H groups in total. The van der Waals surface area contributed by atoms with Crippen LogP contribution in [0.1, 0.15) is 0 Å². The summed E-state index contributed by atoms with van der Waals surface area (Å²) in [4.78, 5) is 16.7. The maximum Gasteiger partial charge on any atom is 0.257 e. The molecule has 1 heterocycles. The van der Waals surface area contributed by atoms with E-state index in [2.05, 4.69) is 15.1 Å². The van der Waals surface area contributed by atoms with Crippen LogP contribution >= 0.6 is 0 Å². The first-order valence-corrected chi connectivity index (χ1v) is 10.3. The number of halogens is 1. The van der Waals surface area contributed by atoms with Crippen LogP contribution < -0.4 is 15.0 Å². The summed E-state index contributed by atoms with van der Waals surface area (Å²) < 4.78 is 18.7. The van der Waals surface area contributed by atoms with Gasteiger partial charge in [0.15, 0.2) is 6.61 Å². The number of hydrogen-bond acceptors (Lipinski definition) is 4. The molecule has 0 aliphatic carbocycles. The molecule has 0 spiro atoms. The van der Waals surface area contributed by atoms with Gasteiger partial charge in [0.05, 0.1) is 0 Å². The molecule has 0 aromatic heterocycles. The van der Waals surface area contributed by atoms with Gasteiger partial charge in [-0.15, -0.1) is 0 Å². The fourth-order valence-electron chi connectivity index (χ4n) is 3.69. The van der Waals surface area contributed by atoms with Crippen LogP contribution in [0.4, 0.5) is 10.1 Å². The first-order valence-electron chi connectivity index (χ1n) is 10.3. The van der Waals surface area contributed by atoms with Crippen LogP contribution in [-0.4, -0.2) is 56.7 Å². The number of nitrogens with one attached hydrogen (secondary N) is 1. The third-order valence-corrected chi connectivity index (χ3v) is 5.41. The van der Waals surface area contributed by atoms with Crippen molar-refractivity contribution < 1.29 is 13.9 Å². The van der Waals surface area contributed by atoms with Crippen LogP contribution in [0.2, 0.25) is 0 Å². The molecule has 30 heavy (non-hydrogen) atoms. The first-order chi connectivity index (χ1) is 14.7. The van der Waals surface area contributed by atoms with Gasteiger partial charge in [-0.1, -0.05) is 30.3 Å². The number of nitrogens with zero attached hydrogens (tertiary/aromatic N) is 2. The molecule has 3 aromatic rings. The zero-order valence-corrected chi connectivity index (χ0v) is 16.9. The van der Waals surface area contributed by atoms with Crippen LogP contribution in [0.15, 0.2) is 66.7 Å². The SMILES string of the molecule is O=C(COc1ccc2ccccc2c1)NCCN1CCN(c2ccc(F)cc2)CC1. The zero-order valence-electron chi connectivity index (χ0n) is 16.9. The van der Waals surface area contributed by atoms with Crippen molar-refractivity contribution in [3.8, 4) is 5.75 Å². The minimum absolute atomic E-state index is 0.0106. The number of fused-ring (bicyclic) bond motifs is 1. The number of amides is 1. The van der Waals surface area contributed by atoms with Gasteiger partial charge in [-0.25, -0.2) is 4.39 Å². The largest absolute Gasteiger partial charge is 0.484 e. The molecular formula is C24H26FN3O2. The van der Waals surface area contributed by atoms with Crippen molar-refractivity contribution in [3.63, 3.8) is 0 Å². The minimum Gasteiger partial charge on any atom is -0.484 e. The molecule has 1 amide bonds. The van der Waals surface area contributed by atoms with Crippen LogP contribution in [0, 0.1) is 5.82 Å². The summed E-state index contributed by atoms with van der Waals surface area (Å²) in [5, 5.41) is 5.17. The van der Waals surface area contributed by atoms with Gasteiger partial charge in [-0.2, -0.15) is 0 Å². The lowest BCUT2D eigenvalue weighted by Gasteiger charge is -2.36. The van der Waals surface area contributed by atoms with E-state index in [1.54, 1.807) is 0 Å². The van der Waals surface area contributed by atoms with E-state index in [4.69, 9.17) is 4.74 Å². The molecule has 1 aliphatic heterocycles. The molecule has 4 rings (SSSR count). The Balaban J connectivity index is 1.15. The third kappa shape index (κ3) is 5.27. The minimum atomic E-state index is -0.210. The Morgan fingerprint density at radius 1 is 0.933 bits per heavy atom. The second kappa shape index (κ2) is 9.59. The molecule has 6 heteroatoms. The molecule has 1 saturated heterocycles. The summed E-state index contributed by atoms with van der Waals surface area (Å²) in [5.41, 5.74) is 1.05. The van der Waals surface area contributed by atoms with E-state index in [0.717, 1.165) is 49.2 Å². The summed E-state index contributed by atoms with van der Waals surface area (Å²) in [7, 11) is 0. The highest BCUT2D eigenvalue weighted by atomic mass is 19.1. The van der Waals surface area contributed by atoms with Gasteiger partial charge in [-0.3, -0.25) is 9.69 Å². The van der Waals surface area contributed by atoms with Crippen molar-refractivity contribution in [2.45, 2.75) is 0 Å². The highest BCUT2D eigenvalue weighted by molar-refractivity contribution is 5.84. The lowest BCUT2D eigenvalue weighted by molar-refractivity contribution is -0.123. The van der Waals surface area contributed by atoms with Crippen molar-refractivity contribution in [1.82, 2.24) is 10.2 Å². The van der Waals surface area contributed by atoms with Crippen molar-refractivity contribution in [3.05, 3.63) is 72.5 Å². The number of carbonyl (C=O) groups excluding carboxylic acids is 1. The summed E-state index contributed by atoms with van der Waals surface area (Å²) in [6.07, 6.45) is 0. The highest BCUT2D eigenvalue weighted by Gasteiger charge is 2.17. The molecular weight excluding hydrogens is 381 g/mol. The summed E-state index contributed by atoms with van der Waals surface area (Å²) in [5.74, 6) is 0.367. The zero-order chi connectivity index (χ0) is 20.8. The Bertz CT molecular complexity index is 985. The van der Waals surface area contributed by atoms with Crippen LogP contribution in [0.25, 0.3) is 10.8 Å². The Hall–Kier alpha value is -3.12. The van der Waals surface area contributed by atoms with Crippen molar-refractivity contribution in [2.75, 3.05) is 50.8 Å². The highest BCUT2D eigenvalue weighted by Crippen LogP contribution is 2.20. The van der Waals surface area contributed by atoms with Gasteiger partial charge in [0.1, 0.15) is 11.6 Å². The van der Waals surface area contributed by atoms with Gasteiger partial charge in [-0.05, 0) is 47.2 Å². The molecule has 156 valence electrons. The van der Waals surface area contributed by atoms with Gasteiger partial charge in [0.2, 0.25) is 0 Å². The van der Waals surface area contributed by atoms with E-state index < -0.39 is 0 Å². The normalized spacial score (nSPS) is 14.6.